The van der Waals surface area contributed by atoms with Crippen molar-refractivity contribution in [1.82, 2.24) is 4.31 Å². The first kappa shape index (κ1) is 11.8. The van der Waals surface area contributed by atoms with Gasteiger partial charge in [0.25, 0.3) is 10.0 Å². The number of halogens is 2. The fraction of sp³-hybridized carbons (Fsp3) is 1.00. The smallest absolute Gasteiger partial charge is 0.330 e. The van der Waals surface area contributed by atoms with E-state index in [9.17, 15) is 17.2 Å². The summed E-state index contributed by atoms with van der Waals surface area (Å²) in [5.41, 5.74) is 5.21. The molecule has 0 spiro atoms. The van der Waals surface area contributed by atoms with E-state index in [1.54, 1.807) is 0 Å². The fourth-order valence-electron chi connectivity index (χ4n) is 1.23. The van der Waals surface area contributed by atoms with Gasteiger partial charge in [0.05, 0.1) is 0 Å². The Morgan fingerprint density at radius 3 is 2.36 bits per heavy atom. The van der Waals surface area contributed by atoms with Gasteiger partial charge in [0.15, 0.2) is 0 Å². The monoisotopic (exact) mass is 228 g/mol. The molecule has 1 aliphatic carbocycles. The molecule has 0 aromatic rings. The van der Waals surface area contributed by atoms with E-state index in [0.717, 1.165) is 4.31 Å². The Labute approximate surface area is 82.1 Å². The molecular weight excluding hydrogens is 214 g/mol. The number of alkyl halides is 2. The van der Waals surface area contributed by atoms with Gasteiger partial charge in [-0.05, 0) is 25.8 Å². The van der Waals surface area contributed by atoms with Gasteiger partial charge in [-0.25, -0.2) is 8.42 Å². The van der Waals surface area contributed by atoms with Crippen molar-refractivity contribution >= 4 is 10.0 Å². The molecule has 0 radical (unpaired) electrons. The van der Waals surface area contributed by atoms with E-state index in [1.165, 1.54) is 0 Å². The van der Waals surface area contributed by atoms with E-state index in [2.05, 4.69) is 0 Å². The van der Waals surface area contributed by atoms with Crippen molar-refractivity contribution in [3.8, 4) is 0 Å². The van der Waals surface area contributed by atoms with Crippen LogP contribution in [0.4, 0.5) is 8.78 Å². The summed E-state index contributed by atoms with van der Waals surface area (Å²) in [6.07, 6.45) is 1.77. The maximum atomic E-state index is 12.2. The quantitative estimate of drug-likeness (QED) is 0.713. The molecule has 2 N–H and O–H groups in total. The molecule has 0 atom stereocenters. The van der Waals surface area contributed by atoms with E-state index in [-0.39, 0.29) is 12.6 Å². The summed E-state index contributed by atoms with van der Waals surface area (Å²) in [5, 5.41) is 0. The fourth-order valence-corrected chi connectivity index (χ4v) is 2.44. The molecule has 0 unspecified atom stereocenters. The highest BCUT2D eigenvalue weighted by molar-refractivity contribution is 7.89. The first-order valence-corrected chi connectivity index (χ1v) is 5.99. The summed E-state index contributed by atoms with van der Waals surface area (Å²) in [6.45, 7) is 0.413. The van der Waals surface area contributed by atoms with Crippen LogP contribution in [0.1, 0.15) is 19.3 Å². The average Bonchev–Trinajstić information content (AvgIpc) is 2.88. The zero-order valence-corrected chi connectivity index (χ0v) is 8.51. The molecule has 0 saturated heterocycles. The molecule has 84 valence electrons. The third kappa shape index (κ3) is 2.61. The Hall–Kier alpha value is -0.270. The van der Waals surface area contributed by atoms with Crippen LogP contribution in [-0.2, 0) is 10.0 Å². The number of rotatable bonds is 6. The van der Waals surface area contributed by atoms with Crippen LogP contribution in [0.25, 0.3) is 0 Å². The van der Waals surface area contributed by atoms with E-state index < -0.39 is 15.8 Å². The second kappa shape index (κ2) is 4.50. The largest absolute Gasteiger partial charge is 0.350 e. The first-order chi connectivity index (χ1) is 6.50. The van der Waals surface area contributed by atoms with Crippen LogP contribution >= 0.6 is 0 Å². The van der Waals surface area contributed by atoms with Gasteiger partial charge in [0, 0.05) is 12.6 Å². The molecule has 1 aliphatic rings. The Balaban J connectivity index is 2.66. The molecule has 1 rings (SSSR count). The van der Waals surface area contributed by atoms with Crippen molar-refractivity contribution in [2.45, 2.75) is 31.1 Å². The lowest BCUT2D eigenvalue weighted by Crippen LogP contribution is -2.38. The van der Waals surface area contributed by atoms with Crippen LogP contribution < -0.4 is 5.73 Å². The minimum absolute atomic E-state index is 0.105. The summed E-state index contributed by atoms with van der Waals surface area (Å²) < 4.78 is 47.6. The van der Waals surface area contributed by atoms with Crippen molar-refractivity contribution in [1.29, 1.82) is 0 Å². The van der Waals surface area contributed by atoms with E-state index in [0.29, 0.717) is 25.8 Å². The third-order valence-electron chi connectivity index (χ3n) is 2.09. The molecule has 4 nitrogen and oxygen atoms in total. The number of hydrogen-bond donors (Lipinski definition) is 1. The Bertz CT molecular complexity index is 277. The minimum Gasteiger partial charge on any atom is -0.330 e. The lowest BCUT2D eigenvalue weighted by Gasteiger charge is -2.20. The van der Waals surface area contributed by atoms with Gasteiger partial charge in [-0.3, -0.25) is 0 Å². The van der Waals surface area contributed by atoms with Crippen molar-refractivity contribution in [2.24, 2.45) is 5.73 Å². The molecule has 1 fully saturated rings. The maximum absolute atomic E-state index is 12.2. The zero-order chi connectivity index (χ0) is 10.8. The van der Waals surface area contributed by atoms with Crippen LogP contribution in [0.2, 0.25) is 0 Å². The molecule has 0 bridgehead atoms. The molecule has 0 aromatic heterocycles. The van der Waals surface area contributed by atoms with Crippen molar-refractivity contribution in [2.75, 3.05) is 13.1 Å². The zero-order valence-electron chi connectivity index (χ0n) is 7.70. The molecular formula is C7H14F2N2O2S. The summed E-state index contributed by atoms with van der Waals surface area (Å²) in [5.74, 6) is -3.32. The number of nitrogens with zero attached hydrogens (tertiary/aromatic N) is 1. The molecule has 0 amide bonds. The molecule has 14 heavy (non-hydrogen) atoms. The predicted octanol–water partition coefficient (Wildman–Crippen LogP) is 0.352. The second-order valence-corrected chi connectivity index (χ2v) is 5.15. The minimum atomic E-state index is -4.40. The van der Waals surface area contributed by atoms with Crippen LogP contribution in [0.15, 0.2) is 0 Å². The molecule has 1 saturated carbocycles. The normalized spacial score (nSPS) is 18.1. The standard InChI is InChI=1S/C7H14F2N2O2S/c8-7(9)14(12,13)11(5-1-4-10)6-2-3-6/h6-7H,1-5,10H2. The molecule has 0 heterocycles. The molecule has 7 heteroatoms. The Kier molecular flexibility index (Phi) is 3.79. The van der Waals surface area contributed by atoms with E-state index in [1.807, 2.05) is 0 Å². The lowest BCUT2D eigenvalue weighted by atomic mass is 10.4. The predicted molar refractivity (Wildman–Crippen MR) is 48.3 cm³/mol. The first-order valence-electron chi connectivity index (χ1n) is 4.49. The van der Waals surface area contributed by atoms with Gasteiger partial charge in [-0.15, -0.1) is 0 Å². The van der Waals surface area contributed by atoms with Gasteiger partial charge < -0.3 is 5.73 Å². The molecule has 0 aromatic carbocycles. The van der Waals surface area contributed by atoms with Gasteiger partial charge in [-0.2, -0.15) is 13.1 Å². The van der Waals surface area contributed by atoms with E-state index >= 15 is 0 Å². The second-order valence-electron chi connectivity index (χ2n) is 3.29. The van der Waals surface area contributed by atoms with Gasteiger partial charge in [0.2, 0.25) is 0 Å². The Morgan fingerprint density at radius 1 is 1.43 bits per heavy atom. The highest BCUT2D eigenvalue weighted by Crippen LogP contribution is 2.31. The van der Waals surface area contributed by atoms with Gasteiger partial charge >= 0.3 is 5.76 Å². The van der Waals surface area contributed by atoms with E-state index in [4.69, 9.17) is 5.73 Å². The Morgan fingerprint density at radius 2 is 2.00 bits per heavy atom. The summed E-state index contributed by atoms with van der Waals surface area (Å²) in [7, 11) is -4.40. The van der Waals surface area contributed by atoms with Crippen molar-refractivity contribution < 1.29 is 17.2 Å². The highest BCUT2D eigenvalue weighted by atomic mass is 32.2. The topological polar surface area (TPSA) is 63.4 Å². The van der Waals surface area contributed by atoms with Gasteiger partial charge in [0.1, 0.15) is 0 Å². The maximum Gasteiger partial charge on any atom is 0.350 e. The summed E-state index contributed by atoms with van der Waals surface area (Å²) in [4.78, 5) is 0. The van der Waals surface area contributed by atoms with Crippen LogP contribution in [-0.4, -0.2) is 37.6 Å². The van der Waals surface area contributed by atoms with Crippen LogP contribution in [0.5, 0.6) is 0 Å². The summed E-state index contributed by atoms with van der Waals surface area (Å²) >= 11 is 0. The highest BCUT2D eigenvalue weighted by Gasteiger charge is 2.41. The van der Waals surface area contributed by atoms with Crippen LogP contribution in [0.3, 0.4) is 0 Å². The molecule has 0 aliphatic heterocycles. The number of nitrogens with two attached hydrogens (primary N) is 1. The third-order valence-corrected chi connectivity index (χ3v) is 3.67. The van der Waals surface area contributed by atoms with Crippen molar-refractivity contribution in [3.63, 3.8) is 0 Å². The summed E-state index contributed by atoms with van der Waals surface area (Å²) in [6, 6.07) is -0.222. The number of hydrogen-bond acceptors (Lipinski definition) is 3. The van der Waals surface area contributed by atoms with Crippen LogP contribution in [0, 0.1) is 0 Å². The lowest BCUT2D eigenvalue weighted by molar-refractivity contribution is 0.217. The number of sulfonamides is 1. The average molecular weight is 228 g/mol. The SMILES string of the molecule is NCCCN(C1CC1)S(=O)(=O)C(F)F. The van der Waals surface area contributed by atoms with Crippen molar-refractivity contribution in [3.05, 3.63) is 0 Å². The van der Waals surface area contributed by atoms with Gasteiger partial charge in [-0.1, -0.05) is 0 Å².